The number of thioether (sulfide) groups is 1. The molecule has 0 radical (unpaired) electrons. The Morgan fingerprint density at radius 3 is 2.71 bits per heavy atom. The van der Waals surface area contributed by atoms with Crippen molar-refractivity contribution >= 4 is 27.6 Å². The number of furan rings is 1. The van der Waals surface area contributed by atoms with Crippen LogP contribution in [0, 0.1) is 0 Å². The zero-order valence-corrected chi connectivity index (χ0v) is 12.5. The molecule has 0 aliphatic carbocycles. The number of carboxylic acid groups (broad SMARTS) is 1. The third-order valence-electron chi connectivity index (χ3n) is 3.22. The zero-order chi connectivity index (χ0) is 15.0. The van der Waals surface area contributed by atoms with Gasteiger partial charge in [-0.2, -0.15) is 0 Å². The molecule has 0 saturated carbocycles. The first-order valence-corrected chi connectivity index (χ1v) is 8.79. The largest absolute Gasteiger partial charge is 0.475 e. The summed E-state index contributed by atoms with van der Waals surface area (Å²) in [5.74, 6) is -1.71. The number of rotatable bonds is 4. The van der Waals surface area contributed by atoms with E-state index < -0.39 is 15.8 Å². The Balaban J connectivity index is 1.77. The van der Waals surface area contributed by atoms with Gasteiger partial charge in [-0.15, -0.1) is 11.8 Å². The first-order valence-electron chi connectivity index (χ1n) is 6.26. The van der Waals surface area contributed by atoms with Crippen molar-refractivity contribution in [2.24, 2.45) is 0 Å². The molecule has 110 valence electrons. The van der Waals surface area contributed by atoms with Gasteiger partial charge in [-0.25, -0.2) is 13.2 Å². The molecule has 1 aliphatic heterocycles. The van der Waals surface area contributed by atoms with Gasteiger partial charge in [0.1, 0.15) is 0 Å². The molecular weight excluding hydrogens is 312 g/mol. The van der Waals surface area contributed by atoms with E-state index >= 15 is 0 Å². The van der Waals surface area contributed by atoms with E-state index in [0.29, 0.717) is 6.42 Å². The van der Waals surface area contributed by atoms with E-state index in [4.69, 9.17) is 9.52 Å². The van der Waals surface area contributed by atoms with Gasteiger partial charge in [0, 0.05) is 10.1 Å². The topological polar surface area (TPSA) is 84.6 Å². The third kappa shape index (κ3) is 2.84. The summed E-state index contributed by atoms with van der Waals surface area (Å²) < 4.78 is 29.5. The Labute approximate surface area is 125 Å². The Bertz CT molecular complexity index is 766. The second-order valence-corrected chi connectivity index (χ2v) is 8.06. The molecule has 0 spiro atoms. The van der Waals surface area contributed by atoms with Gasteiger partial charge in [0.2, 0.25) is 20.7 Å². The Kier molecular flexibility index (Phi) is 3.54. The molecule has 2 heterocycles. The standard InChI is InChI=1S/C14H12O5S2/c15-14(16)11-5-6-13(19-11)21(17,18)8-10-7-9-3-1-2-4-12(9)20-10/h1-6,10H,7-8H2,(H,15,16). The van der Waals surface area contributed by atoms with Crippen LogP contribution in [0.4, 0.5) is 0 Å². The number of sulfone groups is 1. The van der Waals surface area contributed by atoms with Crippen molar-refractivity contribution in [3.63, 3.8) is 0 Å². The van der Waals surface area contributed by atoms with Gasteiger partial charge in [0.05, 0.1) is 5.75 Å². The van der Waals surface area contributed by atoms with Crippen LogP contribution in [-0.2, 0) is 16.3 Å². The maximum Gasteiger partial charge on any atom is 0.371 e. The molecule has 0 fully saturated rings. The quantitative estimate of drug-likeness (QED) is 0.930. The second-order valence-electron chi connectivity index (χ2n) is 4.76. The van der Waals surface area contributed by atoms with E-state index in [9.17, 15) is 13.2 Å². The molecule has 3 rings (SSSR count). The number of hydrogen-bond donors (Lipinski definition) is 1. The molecule has 0 amide bonds. The lowest BCUT2D eigenvalue weighted by Gasteiger charge is -2.07. The maximum absolute atomic E-state index is 12.3. The molecule has 7 heteroatoms. The van der Waals surface area contributed by atoms with E-state index in [2.05, 4.69) is 0 Å². The summed E-state index contributed by atoms with van der Waals surface area (Å²) in [5, 5.41) is 8.41. The molecule has 5 nitrogen and oxygen atoms in total. The lowest BCUT2D eigenvalue weighted by Crippen LogP contribution is -2.17. The van der Waals surface area contributed by atoms with Crippen LogP contribution in [0.1, 0.15) is 16.1 Å². The lowest BCUT2D eigenvalue weighted by molar-refractivity contribution is 0.0656. The van der Waals surface area contributed by atoms with E-state index in [0.717, 1.165) is 16.5 Å². The van der Waals surface area contributed by atoms with Crippen molar-refractivity contribution in [3.05, 3.63) is 47.7 Å². The number of carbonyl (C=O) groups is 1. The second kappa shape index (κ2) is 5.23. The number of carboxylic acids is 1. The van der Waals surface area contributed by atoms with Crippen molar-refractivity contribution in [2.45, 2.75) is 21.7 Å². The predicted molar refractivity (Wildman–Crippen MR) is 77.5 cm³/mol. The van der Waals surface area contributed by atoms with Crippen LogP contribution in [0.15, 0.2) is 50.8 Å². The number of hydrogen-bond acceptors (Lipinski definition) is 5. The van der Waals surface area contributed by atoms with Gasteiger partial charge in [-0.05, 0) is 30.2 Å². The van der Waals surface area contributed by atoms with Gasteiger partial charge in [-0.1, -0.05) is 18.2 Å². The monoisotopic (exact) mass is 324 g/mol. The van der Waals surface area contributed by atoms with Gasteiger partial charge >= 0.3 is 5.97 Å². The normalized spacial score (nSPS) is 17.6. The fraction of sp³-hybridized carbons (Fsp3) is 0.214. The van der Waals surface area contributed by atoms with Gasteiger partial charge < -0.3 is 9.52 Å². The Morgan fingerprint density at radius 2 is 2.05 bits per heavy atom. The van der Waals surface area contributed by atoms with Crippen LogP contribution < -0.4 is 0 Å². The molecule has 0 saturated heterocycles. The fourth-order valence-corrected chi connectivity index (χ4v) is 5.43. The maximum atomic E-state index is 12.3. The average molecular weight is 324 g/mol. The van der Waals surface area contributed by atoms with Gasteiger partial charge in [0.15, 0.2) is 0 Å². The third-order valence-corrected chi connectivity index (χ3v) is 6.42. The summed E-state index contributed by atoms with van der Waals surface area (Å²) in [6.45, 7) is 0. The summed E-state index contributed by atoms with van der Waals surface area (Å²) in [4.78, 5) is 11.8. The molecule has 1 aromatic heterocycles. The highest BCUT2D eigenvalue weighted by atomic mass is 32.2. The minimum atomic E-state index is -3.62. The van der Waals surface area contributed by atoms with Crippen molar-refractivity contribution in [3.8, 4) is 0 Å². The van der Waals surface area contributed by atoms with Gasteiger partial charge in [0.25, 0.3) is 0 Å². The van der Waals surface area contributed by atoms with Crippen LogP contribution >= 0.6 is 11.8 Å². The van der Waals surface area contributed by atoms with Crippen LogP contribution in [0.2, 0.25) is 0 Å². The van der Waals surface area contributed by atoms with Crippen molar-refractivity contribution < 1.29 is 22.7 Å². The van der Waals surface area contributed by atoms with Gasteiger partial charge in [-0.3, -0.25) is 0 Å². The van der Waals surface area contributed by atoms with Crippen LogP contribution in [-0.4, -0.2) is 30.5 Å². The Hall–Kier alpha value is -1.73. The van der Waals surface area contributed by atoms with E-state index in [1.807, 2.05) is 24.3 Å². The molecule has 1 unspecified atom stereocenters. The minimum Gasteiger partial charge on any atom is -0.475 e. The molecule has 1 aliphatic rings. The highest BCUT2D eigenvalue weighted by Gasteiger charge is 2.30. The van der Waals surface area contributed by atoms with Crippen molar-refractivity contribution in [1.82, 2.24) is 0 Å². The predicted octanol–water partition coefficient (Wildman–Crippen LogP) is 2.47. The fourth-order valence-electron chi connectivity index (χ4n) is 2.28. The highest BCUT2D eigenvalue weighted by Crippen LogP contribution is 2.38. The Morgan fingerprint density at radius 1 is 1.29 bits per heavy atom. The number of fused-ring (bicyclic) bond motifs is 1. The summed E-state index contributed by atoms with van der Waals surface area (Å²) in [6.07, 6.45) is 0.687. The zero-order valence-electron chi connectivity index (χ0n) is 10.9. The molecule has 21 heavy (non-hydrogen) atoms. The summed E-state index contributed by atoms with van der Waals surface area (Å²) in [6, 6.07) is 10.2. The van der Waals surface area contributed by atoms with Crippen LogP contribution in [0.25, 0.3) is 0 Å². The van der Waals surface area contributed by atoms with E-state index in [-0.39, 0.29) is 21.9 Å². The lowest BCUT2D eigenvalue weighted by atomic mass is 10.1. The molecule has 1 N–H and O–H groups in total. The average Bonchev–Trinajstić information content (AvgIpc) is 3.04. The molecule has 0 bridgehead atoms. The minimum absolute atomic E-state index is 0.0705. The molecule has 1 aromatic carbocycles. The van der Waals surface area contributed by atoms with E-state index in [1.165, 1.54) is 17.8 Å². The smallest absolute Gasteiger partial charge is 0.371 e. The molecule has 1 atom stereocenters. The molecular formula is C14H12O5S2. The van der Waals surface area contributed by atoms with Crippen LogP contribution in [0.5, 0.6) is 0 Å². The number of aromatic carboxylic acids is 1. The van der Waals surface area contributed by atoms with Crippen LogP contribution in [0.3, 0.4) is 0 Å². The summed E-state index contributed by atoms with van der Waals surface area (Å²) in [7, 11) is -3.62. The molecule has 2 aromatic rings. The van der Waals surface area contributed by atoms with Crippen molar-refractivity contribution in [1.29, 1.82) is 0 Å². The summed E-state index contributed by atoms with van der Waals surface area (Å²) in [5.41, 5.74) is 1.15. The van der Waals surface area contributed by atoms with Crippen molar-refractivity contribution in [2.75, 3.05) is 5.75 Å². The first kappa shape index (κ1) is 14.2. The highest BCUT2D eigenvalue weighted by molar-refractivity contribution is 8.01. The SMILES string of the molecule is O=C(O)c1ccc(S(=O)(=O)CC2Cc3ccccc3S2)o1. The van der Waals surface area contributed by atoms with E-state index in [1.54, 1.807) is 0 Å². The summed E-state index contributed by atoms with van der Waals surface area (Å²) >= 11 is 1.53. The first-order chi connectivity index (χ1) is 9.95. The number of benzene rings is 1.